The Morgan fingerprint density at radius 1 is 1.60 bits per heavy atom. The second-order valence-electron chi connectivity index (χ2n) is 5.27. The molecule has 3 N–H and O–H groups in total. The number of aryl methyl sites for hydroxylation is 1. The molecule has 0 fully saturated rings. The van der Waals surface area contributed by atoms with Gasteiger partial charge in [-0.05, 0) is 31.6 Å². The fraction of sp³-hybridized carbons (Fsp3) is 0.467. The maximum atomic E-state index is 9.47. The molecule has 1 aromatic heterocycles. The molecule has 1 aliphatic carbocycles. The molecule has 2 atom stereocenters. The molecular weight excluding hydrogens is 252 g/mol. The summed E-state index contributed by atoms with van der Waals surface area (Å²) in [6.07, 6.45) is 8.55. The topological polar surface area (TPSA) is 87.7 Å². The smallest absolute Gasteiger partial charge is 0.243 e. The molecule has 1 aliphatic heterocycles. The van der Waals surface area contributed by atoms with Crippen LogP contribution in [0, 0.1) is 17.2 Å². The van der Waals surface area contributed by atoms with Crippen LogP contribution in [0.4, 0.5) is 0 Å². The average Bonchev–Trinajstić information content (AvgIpc) is 2.89. The van der Waals surface area contributed by atoms with Gasteiger partial charge in [0.05, 0.1) is 5.57 Å². The number of hydrogen-bond acceptors (Lipinski definition) is 4. The van der Waals surface area contributed by atoms with Gasteiger partial charge in [0.1, 0.15) is 6.07 Å². The highest BCUT2D eigenvalue weighted by Gasteiger charge is 2.37. The van der Waals surface area contributed by atoms with Gasteiger partial charge in [-0.2, -0.15) is 5.26 Å². The van der Waals surface area contributed by atoms with Crippen molar-refractivity contribution in [2.45, 2.75) is 38.5 Å². The maximum Gasteiger partial charge on any atom is 0.243 e. The predicted octanol–water partition coefficient (Wildman–Crippen LogP) is 2.50. The number of aromatic amines is 1. The first-order valence-electron chi connectivity index (χ1n) is 7.07. The van der Waals surface area contributed by atoms with E-state index < -0.39 is 0 Å². The van der Waals surface area contributed by atoms with E-state index in [1.54, 1.807) is 0 Å². The van der Waals surface area contributed by atoms with E-state index in [1.807, 2.05) is 0 Å². The van der Waals surface area contributed by atoms with Gasteiger partial charge in [-0.25, -0.2) is 0 Å². The van der Waals surface area contributed by atoms with Crippen LogP contribution in [0.25, 0.3) is 0 Å². The average molecular weight is 270 g/mol. The van der Waals surface area contributed by atoms with Gasteiger partial charge < -0.3 is 10.5 Å². The molecule has 0 saturated heterocycles. The summed E-state index contributed by atoms with van der Waals surface area (Å²) < 4.78 is 5.51. The molecule has 2 heterocycles. The first-order chi connectivity index (χ1) is 9.76. The molecule has 0 bridgehead atoms. The third-order valence-corrected chi connectivity index (χ3v) is 4.14. The summed E-state index contributed by atoms with van der Waals surface area (Å²) >= 11 is 0. The number of fused-ring (bicyclic) bond motifs is 1. The third kappa shape index (κ3) is 1.88. The molecule has 0 radical (unpaired) electrons. The predicted molar refractivity (Wildman–Crippen MR) is 74.6 cm³/mol. The lowest BCUT2D eigenvalue weighted by atomic mass is 9.75. The molecule has 0 spiro atoms. The zero-order valence-corrected chi connectivity index (χ0v) is 11.5. The number of H-pyrrole nitrogens is 1. The van der Waals surface area contributed by atoms with Gasteiger partial charge in [0.25, 0.3) is 0 Å². The SMILES string of the molecule is CCc1[nH]nc2c1[C@@H]([C@H]1C=CCCC1)C(C#N)=C(N)O2. The second-order valence-corrected chi connectivity index (χ2v) is 5.27. The highest BCUT2D eigenvalue weighted by Crippen LogP contribution is 2.45. The van der Waals surface area contributed by atoms with Crippen molar-refractivity contribution in [1.29, 1.82) is 5.26 Å². The van der Waals surface area contributed by atoms with Crippen LogP contribution in [0.3, 0.4) is 0 Å². The summed E-state index contributed by atoms with van der Waals surface area (Å²) in [5.74, 6) is 0.983. The zero-order chi connectivity index (χ0) is 14.1. The first kappa shape index (κ1) is 12.8. The summed E-state index contributed by atoms with van der Waals surface area (Å²) in [5, 5.41) is 16.7. The molecule has 0 aromatic carbocycles. The van der Waals surface area contributed by atoms with E-state index in [-0.39, 0.29) is 11.8 Å². The summed E-state index contributed by atoms with van der Waals surface area (Å²) in [5.41, 5.74) is 8.48. The van der Waals surface area contributed by atoms with E-state index in [0.717, 1.165) is 36.9 Å². The standard InChI is InChI=1S/C15H18N4O/c1-2-11-13-12(9-6-4-3-5-7-9)10(8-16)14(17)20-15(13)19-18-11/h4,6,9,12H,2-3,5,7,17H2,1H3,(H,18,19)/t9-,12-/m0/s1. The van der Waals surface area contributed by atoms with Crippen LogP contribution in [-0.4, -0.2) is 10.2 Å². The number of nitrogens with two attached hydrogens (primary N) is 1. The van der Waals surface area contributed by atoms with Crippen LogP contribution in [0.1, 0.15) is 43.4 Å². The molecule has 104 valence electrons. The van der Waals surface area contributed by atoms with Crippen LogP contribution in [0.5, 0.6) is 5.88 Å². The minimum absolute atomic E-state index is 0.0333. The molecule has 5 nitrogen and oxygen atoms in total. The van der Waals surface area contributed by atoms with Crippen molar-refractivity contribution >= 4 is 0 Å². The van der Waals surface area contributed by atoms with Gasteiger partial charge >= 0.3 is 0 Å². The van der Waals surface area contributed by atoms with Crippen LogP contribution in [0.2, 0.25) is 0 Å². The number of allylic oxidation sites excluding steroid dienone is 3. The number of nitriles is 1. The monoisotopic (exact) mass is 270 g/mol. The van der Waals surface area contributed by atoms with Gasteiger partial charge in [0, 0.05) is 17.2 Å². The zero-order valence-electron chi connectivity index (χ0n) is 11.5. The van der Waals surface area contributed by atoms with E-state index in [2.05, 4.69) is 35.3 Å². The van der Waals surface area contributed by atoms with Crippen LogP contribution in [-0.2, 0) is 6.42 Å². The Balaban J connectivity index is 2.12. The summed E-state index contributed by atoms with van der Waals surface area (Å²) in [6, 6.07) is 2.24. The highest BCUT2D eigenvalue weighted by atomic mass is 16.5. The molecule has 0 unspecified atom stereocenters. The fourth-order valence-electron chi connectivity index (χ4n) is 3.16. The Morgan fingerprint density at radius 3 is 3.10 bits per heavy atom. The largest absolute Gasteiger partial charge is 0.420 e. The molecule has 1 aromatic rings. The Labute approximate surface area is 118 Å². The first-order valence-corrected chi connectivity index (χ1v) is 7.07. The van der Waals surface area contributed by atoms with Crippen LogP contribution in [0.15, 0.2) is 23.6 Å². The summed E-state index contributed by atoms with van der Waals surface area (Å²) in [4.78, 5) is 0. The van der Waals surface area contributed by atoms with Gasteiger partial charge in [0.15, 0.2) is 0 Å². The molecule has 2 aliphatic rings. The molecule has 20 heavy (non-hydrogen) atoms. The molecule has 5 heteroatoms. The molecule has 0 saturated carbocycles. The van der Waals surface area contributed by atoms with Crippen molar-refractivity contribution in [2.24, 2.45) is 11.7 Å². The molecular formula is C15H18N4O. The minimum Gasteiger partial charge on any atom is -0.420 e. The van der Waals surface area contributed by atoms with E-state index in [9.17, 15) is 5.26 Å². The van der Waals surface area contributed by atoms with E-state index in [4.69, 9.17) is 10.5 Å². The quantitative estimate of drug-likeness (QED) is 0.808. The second kappa shape index (κ2) is 5.04. The number of hydrogen-bond donors (Lipinski definition) is 2. The van der Waals surface area contributed by atoms with Crippen molar-refractivity contribution in [3.8, 4) is 11.9 Å². The van der Waals surface area contributed by atoms with Crippen molar-refractivity contribution in [3.63, 3.8) is 0 Å². The Hall–Kier alpha value is -2.22. The Morgan fingerprint density at radius 2 is 2.45 bits per heavy atom. The number of rotatable bonds is 2. The lowest BCUT2D eigenvalue weighted by Crippen LogP contribution is -2.25. The number of nitrogens with zero attached hydrogens (tertiary/aromatic N) is 2. The minimum atomic E-state index is -0.0333. The van der Waals surface area contributed by atoms with Crippen molar-refractivity contribution in [3.05, 3.63) is 34.9 Å². The van der Waals surface area contributed by atoms with E-state index in [1.165, 1.54) is 0 Å². The fourth-order valence-corrected chi connectivity index (χ4v) is 3.16. The third-order valence-electron chi connectivity index (χ3n) is 4.14. The summed E-state index contributed by atoms with van der Waals surface area (Å²) in [6.45, 7) is 2.06. The van der Waals surface area contributed by atoms with Gasteiger partial charge in [-0.1, -0.05) is 19.1 Å². The van der Waals surface area contributed by atoms with E-state index in [0.29, 0.717) is 17.4 Å². The van der Waals surface area contributed by atoms with Gasteiger partial charge in [-0.3, -0.25) is 5.10 Å². The Bertz CT molecular complexity index is 620. The van der Waals surface area contributed by atoms with Crippen LogP contribution >= 0.6 is 0 Å². The summed E-state index contributed by atoms with van der Waals surface area (Å²) in [7, 11) is 0. The Kier molecular flexibility index (Phi) is 3.23. The lowest BCUT2D eigenvalue weighted by Gasteiger charge is -2.30. The molecule has 3 rings (SSSR count). The van der Waals surface area contributed by atoms with Crippen molar-refractivity contribution in [2.75, 3.05) is 0 Å². The lowest BCUT2D eigenvalue weighted by molar-refractivity contribution is 0.354. The number of aromatic nitrogens is 2. The van der Waals surface area contributed by atoms with Crippen LogP contribution < -0.4 is 10.5 Å². The number of ether oxygens (including phenoxy) is 1. The maximum absolute atomic E-state index is 9.47. The number of nitrogens with one attached hydrogen (secondary N) is 1. The van der Waals surface area contributed by atoms with Gasteiger partial charge in [0.2, 0.25) is 11.8 Å². The van der Waals surface area contributed by atoms with E-state index >= 15 is 0 Å². The highest BCUT2D eigenvalue weighted by molar-refractivity contribution is 5.50. The molecule has 0 amide bonds. The van der Waals surface area contributed by atoms with Gasteiger partial charge in [-0.15, -0.1) is 5.10 Å². The van der Waals surface area contributed by atoms with Crippen molar-refractivity contribution in [1.82, 2.24) is 10.2 Å². The normalized spacial score (nSPS) is 25.0. The van der Waals surface area contributed by atoms with Crippen molar-refractivity contribution < 1.29 is 4.74 Å².